The fourth-order valence-electron chi connectivity index (χ4n) is 5.75. The largest absolute Gasteiger partial charge is 0.497 e. The van der Waals surface area contributed by atoms with Crippen molar-refractivity contribution in [1.29, 1.82) is 0 Å². The average molecular weight is 660 g/mol. The summed E-state index contributed by atoms with van der Waals surface area (Å²) in [5, 5.41) is 3.62. The van der Waals surface area contributed by atoms with Crippen LogP contribution in [-0.4, -0.2) is 50.9 Å². The van der Waals surface area contributed by atoms with Gasteiger partial charge in [0.05, 0.1) is 17.7 Å². The fourth-order valence-corrected chi connectivity index (χ4v) is 7.37. The van der Waals surface area contributed by atoms with E-state index in [1.807, 2.05) is 36.4 Å². The molecule has 2 amide bonds. The molecule has 46 heavy (non-hydrogen) atoms. The summed E-state index contributed by atoms with van der Waals surface area (Å²) in [5.41, 5.74) is 1.76. The SMILES string of the molecule is COc1cccc(N(CC(=O)N(Cc2ccccc2Cl)[C@@H](Cc2ccccc2)C(=O)NC2CCCC2)S(=O)(=O)c2ccccc2)c1. The second-order valence-corrected chi connectivity index (χ2v) is 13.6. The smallest absolute Gasteiger partial charge is 0.264 e. The van der Waals surface area contributed by atoms with Crippen LogP contribution in [0.25, 0.3) is 0 Å². The number of nitrogens with one attached hydrogen (secondary N) is 1. The lowest BCUT2D eigenvalue weighted by Gasteiger charge is -2.34. The minimum atomic E-state index is -4.21. The summed E-state index contributed by atoms with van der Waals surface area (Å²) in [5.74, 6) is -0.399. The molecule has 1 N–H and O–H groups in total. The molecule has 4 aromatic rings. The number of sulfonamides is 1. The molecule has 0 bridgehead atoms. The van der Waals surface area contributed by atoms with Crippen molar-refractivity contribution in [2.45, 2.75) is 55.6 Å². The molecule has 0 unspecified atom stereocenters. The van der Waals surface area contributed by atoms with Crippen LogP contribution in [0.3, 0.4) is 0 Å². The summed E-state index contributed by atoms with van der Waals surface area (Å²) in [4.78, 5) is 30.2. The summed E-state index contributed by atoms with van der Waals surface area (Å²) in [6.07, 6.45) is 4.05. The molecule has 0 aromatic heterocycles. The standard InChI is InChI=1S/C36H38ClN3O5S/c1-45-31-19-12-18-30(24-31)40(46(43,44)32-20-6-3-7-21-32)26-35(41)39(25-28-15-8-11-22-33(28)37)34(23-27-13-4-2-5-14-27)36(42)38-29-16-9-10-17-29/h2-8,11-15,18-22,24,29,34H,9-10,16-17,23,25-26H2,1H3,(H,38,42)/t34-/m0/s1. The van der Waals surface area contributed by atoms with Crippen molar-refractivity contribution in [2.24, 2.45) is 0 Å². The number of anilines is 1. The van der Waals surface area contributed by atoms with Crippen molar-refractivity contribution < 1.29 is 22.7 Å². The number of carbonyl (C=O) groups excluding carboxylic acids is 2. The number of rotatable bonds is 13. The van der Waals surface area contributed by atoms with Gasteiger partial charge in [-0.25, -0.2) is 8.42 Å². The topological polar surface area (TPSA) is 96.0 Å². The summed E-state index contributed by atoms with van der Waals surface area (Å²) in [6.45, 7) is -0.553. The number of ether oxygens (including phenoxy) is 1. The predicted octanol–water partition coefficient (Wildman–Crippen LogP) is 6.24. The lowest BCUT2D eigenvalue weighted by molar-refractivity contribution is -0.140. The minimum absolute atomic E-state index is 0.00539. The van der Waals surface area contributed by atoms with E-state index in [0.29, 0.717) is 16.3 Å². The Bertz CT molecular complexity index is 1730. The van der Waals surface area contributed by atoms with Crippen LogP contribution in [0.2, 0.25) is 5.02 Å². The van der Waals surface area contributed by atoms with Gasteiger partial charge in [-0.1, -0.05) is 97.2 Å². The van der Waals surface area contributed by atoms with Crippen LogP contribution in [0, 0.1) is 0 Å². The first-order valence-corrected chi connectivity index (χ1v) is 17.2. The molecule has 1 aliphatic rings. The van der Waals surface area contributed by atoms with E-state index in [-0.39, 0.29) is 35.5 Å². The number of halogens is 1. The summed E-state index contributed by atoms with van der Waals surface area (Å²) < 4.78 is 34.7. The second-order valence-electron chi connectivity index (χ2n) is 11.3. The van der Waals surface area contributed by atoms with Gasteiger partial charge in [0.15, 0.2) is 0 Å². The Hall–Kier alpha value is -4.34. The monoisotopic (exact) mass is 659 g/mol. The number of benzene rings is 4. The highest BCUT2D eigenvalue weighted by Gasteiger charge is 2.36. The van der Waals surface area contributed by atoms with E-state index < -0.39 is 28.5 Å². The molecule has 1 saturated carbocycles. The average Bonchev–Trinajstić information content (AvgIpc) is 3.59. The van der Waals surface area contributed by atoms with Gasteiger partial charge in [-0.15, -0.1) is 0 Å². The van der Waals surface area contributed by atoms with E-state index in [4.69, 9.17) is 16.3 Å². The summed E-state index contributed by atoms with van der Waals surface area (Å²) in [6, 6.07) is 30.2. The highest BCUT2D eigenvalue weighted by molar-refractivity contribution is 7.92. The van der Waals surface area contributed by atoms with Gasteiger partial charge < -0.3 is 15.0 Å². The van der Waals surface area contributed by atoms with E-state index in [9.17, 15) is 18.0 Å². The molecule has 0 aliphatic heterocycles. The van der Waals surface area contributed by atoms with Crippen LogP contribution >= 0.6 is 11.6 Å². The molecule has 0 heterocycles. The third-order valence-corrected chi connectivity index (χ3v) is 10.4. The Labute approximate surface area is 276 Å². The van der Waals surface area contributed by atoms with Gasteiger partial charge in [0.2, 0.25) is 11.8 Å². The molecule has 0 saturated heterocycles. The van der Waals surface area contributed by atoms with Crippen LogP contribution in [-0.2, 0) is 32.6 Å². The van der Waals surface area contributed by atoms with E-state index in [1.54, 1.807) is 60.7 Å². The van der Waals surface area contributed by atoms with Gasteiger partial charge in [-0.3, -0.25) is 13.9 Å². The van der Waals surface area contributed by atoms with Crippen molar-refractivity contribution in [3.8, 4) is 5.75 Å². The third-order valence-electron chi connectivity index (χ3n) is 8.22. The zero-order chi connectivity index (χ0) is 32.5. The summed E-state index contributed by atoms with van der Waals surface area (Å²) >= 11 is 6.58. The van der Waals surface area contributed by atoms with E-state index in [1.165, 1.54) is 24.1 Å². The molecule has 1 atom stereocenters. The number of hydrogen-bond acceptors (Lipinski definition) is 5. The van der Waals surface area contributed by atoms with Crippen LogP contribution in [0.1, 0.15) is 36.8 Å². The first kappa shape index (κ1) is 33.0. The molecular weight excluding hydrogens is 622 g/mol. The van der Waals surface area contributed by atoms with Crippen molar-refractivity contribution >= 4 is 39.1 Å². The zero-order valence-electron chi connectivity index (χ0n) is 25.7. The van der Waals surface area contributed by atoms with Gasteiger partial charge >= 0.3 is 0 Å². The zero-order valence-corrected chi connectivity index (χ0v) is 27.3. The second kappa shape index (κ2) is 15.3. The number of methoxy groups -OCH3 is 1. The van der Waals surface area contributed by atoms with Crippen LogP contribution in [0.5, 0.6) is 5.75 Å². The van der Waals surface area contributed by atoms with Crippen molar-refractivity contribution in [3.05, 3.63) is 125 Å². The number of hydrogen-bond donors (Lipinski definition) is 1. The van der Waals surface area contributed by atoms with Gasteiger partial charge in [-0.2, -0.15) is 0 Å². The Morgan fingerprint density at radius 3 is 2.22 bits per heavy atom. The minimum Gasteiger partial charge on any atom is -0.497 e. The van der Waals surface area contributed by atoms with Crippen molar-refractivity contribution in [2.75, 3.05) is 18.0 Å². The molecule has 10 heteroatoms. The van der Waals surface area contributed by atoms with Gasteiger partial charge in [0.1, 0.15) is 18.3 Å². The predicted molar refractivity (Wildman–Crippen MR) is 180 cm³/mol. The molecule has 5 rings (SSSR count). The first-order valence-electron chi connectivity index (χ1n) is 15.4. The maximum atomic E-state index is 14.6. The number of nitrogens with zero attached hydrogens (tertiary/aromatic N) is 2. The first-order chi connectivity index (χ1) is 22.3. The number of carbonyl (C=O) groups is 2. The lowest BCUT2D eigenvalue weighted by Crippen LogP contribution is -2.54. The lowest BCUT2D eigenvalue weighted by atomic mass is 10.0. The maximum Gasteiger partial charge on any atom is 0.264 e. The Kier molecular flexibility index (Phi) is 11.0. The van der Waals surface area contributed by atoms with Crippen molar-refractivity contribution in [3.63, 3.8) is 0 Å². The summed E-state index contributed by atoms with van der Waals surface area (Å²) in [7, 11) is -2.72. The molecule has 240 valence electrons. The van der Waals surface area contributed by atoms with Crippen LogP contribution in [0.4, 0.5) is 5.69 Å². The highest BCUT2D eigenvalue weighted by Crippen LogP contribution is 2.28. The Morgan fingerprint density at radius 2 is 1.54 bits per heavy atom. The van der Waals surface area contributed by atoms with E-state index >= 15 is 0 Å². The third kappa shape index (κ3) is 8.08. The van der Waals surface area contributed by atoms with Crippen LogP contribution in [0.15, 0.2) is 114 Å². The fraction of sp³-hybridized carbons (Fsp3) is 0.278. The van der Waals surface area contributed by atoms with Gasteiger partial charge in [-0.05, 0) is 54.3 Å². The normalized spacial score (nSPS) is 14.0. The number of amides is 2. The molecule has 1 aliphatic carbocycles. The van der Waals surface area contributed by atoms with Gasteiger partial charge in [0.25, 0.3) is 10.0 Å². The van der Waals surface area contributed by atoms with Gasteiger partial charge in [0, 0.05) is 30.1 Å². The Morgan fingerprint density at radius 1 is 0.891 bits per heavy atom. The highest BCUT2D eigenvalue weighted by atomic mass is 35.5. The molecular formula is C36H38ClN3O5S. The molecule has 8 nitrogen and oxygen atoms in total. The van der Waals surface area contributed by atoms with E-state index in [2.05, 4.69) is 5.32 Å². The van der Waals surface area contributed by atoms with Crippen LogP contribution < -0.4 is 14.4 Å². The van der Waals surface area contributed by atoms with Crippen molar-refractivity contribution in [1.82, 2.24) is 10.2 Å². The maximum absolute atomic E-state index is 14.6. The van der Waals surface area contributed by atoms with E-state index in [0.717, 1.165) is 35.6 Å². The molecule has 1 fully saturated rings. The Balaban J connectivity index is 1.58. The molecule has 0 spiro atoms. The molecule has 4 aromatic carbocycles. The quantitative estimate of drug-likeness (QED) is 0.183. The molecule has 0 radical (unpaired) electrons.